The number of fused-ring (bicyclic) bond motifs is 2. The lowest BCUT2D eigenvalue weighted by Gasteiger charge is -2.12. The van der Waals surface area contributed by atoms with Gasteiger partial charge in [0.25, 0.3) is 0 Å². The highest BCUT2D eigenvalue weighted by Gasteiger charge is 2.19. The summed E-state index contributed by atoms with van der Waals surface area (Å²) < 4.78 is 5.93. The molecule has 0 unspecified atom stereocenters. The van der Waals surface area contributed by atoms with E-state index in [1.807, 2.05) is 30.3 Å². The van der Waals surface area contributed by atoms with E-state index in [9.17, 15) is 4.79 Å². The summed E-state index contributed by atoms with van der Waals surface area (Å²) >= 11 is 0. The maximum absolute atomic E-state index is 11.0. The molecule has 0 radical (unpaired) electrons. The van der Waals surface area contributed by atoms with Crippen LogP contribution in [0.3, 0.4) is 0 Å². The number of nitrogens with two attached hydrogens (primary N) is 1. The highest BCUT2D eigenvalue weighted by molar-refractivity contribution is 5.85. The van der Waals surface area contributed by atoms with Crippen molar-refractivity contribution in [2.24, 2.45) is 5.73 Å². The first kappa shape index (κ1) is 15.3. The van der Waals surface area contributed by atoms with Crippen LogP contribution < -0.4 is 10.5 Å². The molecule has 4 nitrogen and oxygen atoms in total. The van der Waals surface area contributed by atoms with Crippen LogP contribution in [-0.2, 0) is 17.8 Å². The van der Waals surface area contributed by atoms with Crippen molar-refractivity contribution in [2.45, 2.75) is 19.4 Å². The first-order valence-electron chi connectivity index (χ1n) is 7.65. The Kier molecular flexibility index (Phi) is 4.44. The topological polar surface area (TPSA) is 72.5 Å². The number of benzene rings is 2. The minimum Gasteiger partial charge on any atom is -0.488 e. The smallest absolute Gasteiger partial charge is 0.307 e. The van der Waals surface area contributed by atoms with Crippen molar-refractivity contribution in [1.82, 2.24) is 0 Å². The number of aliphatic carboxylic acids is 1. The lowest BCUT2D eigenvalue weighted by Crippen LogP contribution is -2.02. The summed E-state index contributed by atoms with van der Waals surface area (Å²) in [5.74, 6) is -0.0639. The van der Waals surface area contributed by atoms with Gasteiger partial charge in [-0.2, -0.15) is 0 Å². The predicted molar refractivity (Wildman–Crippen MR) is 89.3 cm³/mol. The van der Waals surface area contributed by atoms with Crippen molar-refractivity contribution in [3.8, 4) is 5.75 Å². The molecule has 1 aliphatic heterocycles. The monoisotopic (exact) mass is 309 g/mol. The third kappa shape index (κ3) is 3.27. The average Bonchev–Trinajstić information content (AvgIpc) is 2.69. The molecule has 0 fully saturated rings. The van der Waals surface area contributed by atoms with Gasteiger partial charge >= 0.3 is 5.97 Å². The fourth-order valence-corrected chi connectivity index (χ4v) is 2.86. The Labute approximate surface area is 135 Å². The zero-order chi connectivity index (χ0) is 16.2. The Morgan fingerprint density at radius 2 is 2.04 bits per heavy atom. The Morgan fingerprint density at radius 1 is 1.22 bits per heavy atom. The predicted octanol–water partition coefficient (Wildman–Crippen LogP) is 2.99. The van der Waals surface area contributed by atoms with Crippen LogP contribution in [0.5, 0.6) is 5.75 Å². The van der Waals surface area contributed by atoms with Crippen molar-refractivity contribution in [1.29, 1.82) is 0 Å². The molecule has 0 amide bonds. The van der Waals surface area contributed by atoms with Gasteiger partial charge < -0.3 is 15.6 Å². The molecule has 3 rings (SSSR count). The summed E-state index contributed by atoms with van der Waals surface area (Å²) in [5.41, 5.74) is 10.7. The second kappa shape index (κ2) is 6.67. The molecule has 1 heterocycles. The van der Waals surface area contributed by atoms with Crippen LogP contribution in [0.1, 0.15) is 28.7 Å². The Morgan fingerprint density at radius 3 is 2.83 bits per heavy atom. The SMILES string of the molecule is NCCC=C1c2ccccc2COc2ccc(CC(=O)O)cc21. The van der Waals surface area contributed by atoms with E-state index in [0.29, 0.717) is 13.2 Å². The Bertz CT molecular complexity index is 765. The fourth-order valence-electron chi connectivity index (χ4n) is 2.86. The van der Waals surface area contributed by atoms with E-state index in [2.05, 4.69) is 18.2 Å². The zero-order valence-corrected chi connectivity index (χ0v) is 12.8. The fraction of sp³-hybridized carbons (Fsp3) is 0.211. The van der Waals surface area contributed by atoms with E-state index < -0.39 is 5.97 Å². The summed E-state index contributed by atoms with van der Waals surface area (Å²) in [6.45, 7) is 1.07. The molecule has 4 heteroatoms. The van der Waals surface area contributed by atoms with Crippen LogP contribution in [0.2, 0.25) is 0 Å². The zero-order valence-electron chi connectivity index (χ0n) is 12.8. The van der Waals surface area contributed by atoms with Gasteiger partial charge in [-0.3, -0.25) is 4.79 Å². The van der Waals surface area contributed by atoms with Gasteiger partial charge in [0.1, 0.15) is 12.4 Å². The molecule has 0 aliphatic carbocycles. The van der Waals surface area contributed by atoms with E-state index >= 15 is 0 Å². The summed E-state index contributed by atoms with van der Waals surface area (Å²) in [7, 11) is 0. The van der Waals surface area contributed by atoms with Gasteiger partial charge in [-0.05, 0) is 47.4 Å². The molecule has 0 saturated heterocycles. The molecule has 2 aromatic carbocycles. The first-order chi connectivity index (χ1) is 11.2. The minimum atomic E-state index is -0.840. The maximum atomic E-state index is 11.0. The lowest BCUT2D eigenvalue weighted by atomic mass is 9.92. The van der Waals surface area contributed by atoms with Crippen LogP contribution in [0, 0.1) is 0 Å². The van der Waals surface area contributed by atoms with Gasteiger partial charge in [0.05, 0.1) is 6.42 Å². The van der Waals surface area contributed by atoms with Gasteiger partial charge in [-0.1, -0.05) is 36.4 Å². The summed E-state index contributed by atoms with van der Waals surface area (Å²) in [6, 6.07) is 13.7. The van der Waals surface area contributed by atoms with Crippen molar-refractivity contribution in [3.05, 3.63) is 70.8 Å². The third-order valence-corrected chi connectivity index (χ3v) is 3.90. The number of carboxylic acid groups (broad SMARTS) is 1. The number of ether oxygens (including phenoxy) is 1. The Hall–Kier alpha value is -2.59. The normalized spacial score (nSPS) is 14.6. The van der Waals surface area contributed by atoms with E-state index in [-0.39, 0.29) is 6.42 Å². The van der Waals surface area contributed by atoms with Crippen molar-refractivity contribution in [3.63, 3.8) is 0 Å². The minimum absolute atomic E-state index is 0.000897. The van der Waals surface area contributed by atoms with Crippen molar-refractivity contribution >= 4 is 11.5 Å². The molecule has 23 heavy (non-hydrogen) atoms. The highest BCUT2D eigenvalue weighted by atomic mass is 16.5. The average molecular weight is 309 g/mol. The highest BCUT2D eigenvalue weighted by Crippen LogP contribution is 2.37. The Balaban J connectivity index is 2.14. The largest absolute Gasteiger partial charge is 0.488 e. The van der Waals surface area contributed by atoms with Gasteiger partial charge in [0.2, 0.25) is 0 Å². The second-order valence-corrected chi connectivity index (χ2v) is 5.54. The van der Waals surface area contributed by atoms with Crippen LogP contribution in [-0.4, -0.2) is 17.6 Å². The molecule has 0 bridgehead atoms. The van der Waals surface area contributed by atoms with Gasteiger partial charge in [0, 0.05) is 5.56 Å². The van der Waals surface area contributed by atoms with Gasteiger partial charge in [-0.25, -0.2) is 0 Å². The molecular weight excluding hydrogens is 290 g/mol. The molecule has 0 spiro atoms. The molecule has 2 aromatic rings. The van der Waals surface area contributed by atoms with Crippen LogP contribution in [0.4, 0.5) is 0 Å². The van der Waals surface area contributed by atoms with E-state index in [4.69, 9.17) is 15.6 Å². The van der Waals surface area contributed by atoms with E-state index in [0.717, 1.165) is 40.0 Å². The first-order valence-corrected chi connectivity index (χ1v) is 7.65. The number of carboxylic acids is 1. The van der Waals surface area contributed by atoms with Crippen LogP contribution in [0.15, 0.2) is 48.5 Å². The summed E-state index contributed by atoms with van der Waals surface area (Å²) in [4.78, 5) is 11.0. The molecule has 1 aliphatic rings. The van der Waals surface area contributed by atoms with Gasteiger partial charge in [-0.15, -0.1) is 0 Å². The molecule has 0 aromatic heterocycles. The van der Waals surface area contributed by atoms with Crippen molar-refractivity contribution in [2.75, 3.05) is 6.54 Å². The second-order valence-electron chi connectivity index (χ2n) is 5.54. The number of rotatable bonds is 4. The standard InChI is InChI=1S/C19H19NO3/c20-9-3-6-16-15-5-2-1-4-14(15)12-23-18-8-7-13(10-17(16)18)11-19(21)22/h1-2,4-8,10H,3,9,11-12,20H2,(H,21,22). The molecule has 0 saturated carbocycles. The van der Waals surface area contributed by atoms with Crippen molar-refractivity contribution < 1.29 is 14.6 Å². The molecule has 0 atom stereocenters. The molecule has 118 valence electrons. The number of hydrogen-bond acceptors (Lipinski definition) is 3. The van der Waals surface area contributed by atoms with E-state index in [1.165, 1.54) is 0 Å². The molecular formula is C19H19NO3. The summed E-state index contributed by atoms with van der Waals surface area (Å²) in [6.07, 6.45) is 2.86. The summed E-state index contributed by atoms with van der Waals surface area (Å²) in [5, 5.41) is 9.03. The van der Waals surface area contributed by atoms with Crippen LogP contribution >= 0.6 is 0 Å². The lowest BCUT2D eigenvalue weighted by molar-refractivity contribution is -0.136. The van der Waals surface area contributed by atoms with Gasteiger partial charge in [0.15, 0.2) is 0 Å². The third-order valence-electron chi connectivity index (χ3n) is 3.90. The van der Waals surface area contributed by atoms with E-state index in [1.54, 1.807) is 0 Å². The molecule has 3 N–H and O–H groups in total. The maximum Gasteiger partial charge on any atom is 0.307 e. The number of hydrogen-bond donors (Lipinski definition) is 2. The number of carbonyl (C=O) groups is 1. The quantitative estimate of drug-likeness (QED) is 0.910. The van der Waals surface area contributed by atoms with Crippen LogP contribution in [0.25, 0.3) is 5.57 Å².